The smallest absolute Gasteiger partial charge is 0.251 e. The lowest BCUT2D eigenvalue weighted by Crippen LogP contribution is -2.49. The summed E-state index contributed by atoms with van der Waals surface area (Å²) in [4.78, 5) is 43.3. The maximum atomic E-state index is 12.6. The number of piperazine rings is 1. The van der Waals surface area contributed by atoms with E-state index in [0.717, 1.165) is 48.1 Å². The van der Waals surface area contributed by atoms with Crippen molar-refractivity contribution in [3.05, 3.63) is 45.7 Å². The molecule has 2 heterocycles. The number of nitrogens with zero attached hydrogens (tertiary/aromatic N) is 2. The number of H-pyrrole nitrogens is 1. The topological polar surface area (TPSA) is 73.5 Å². The first-order chi connectivity index (χ1) is 13.5. The molecule has 2 fully saturated rings. The number of aromatic nitrogens is 1. The van der Waals surface area contributed by atoms with E-state index in [1.807, 2.05) is 17.9 Å². The van der Waals surface area contributed by atoms with Crippen LogP contribution in [-0.2, 0) is 22.6 Å². The van der Waals surface area contributed by atoms with Crippen LogP contribution in [0.5, 0.6) is 0 Å². The largest absolute Gasteiger partial charge is 0.340 e. The zero-order chi connectivity index (χ0) is 19.7. The minimum atomic E-state index is -0.0932. The molecule has 1 saturated heterocycles. The number of carbonyl (C=O) groups excluding carboxylic acids is 2. The third-order valence-electron chi connectivity index (χ3n) is 6.05. The van der Waals surface area contributed by atoms with E-state index in [0.29, 0.717) is 32.4 Å². The van der Waals surface area contributed by atoms with Crippen LogP contribution in [0.4, 0.5) is 0 Å². The predicted molar refractivity (Wildman–Crippen MR) is 108 cm³/mol. The summed E-state index contributed by atoms with van der Waals surface area (Å²) in [6.45, 7) is 5.88. The number of aryl methyl sites for hydroxylation is 1. The van der Waals surface area contributed by atoms with Crippen LogP contribution in [0.1, 0.15) is 37.3 Å². The Bertz CT molecular complexity index is 957. The summed E-state index contributed by atoms with van der Waals surface area (Å²) < 4.78 is 0. The van der Waals surface area contributed by atoms with Crippen LogP contribution < -0.4 is 5.56 Å². The van der Waals surface area contributed by atoms with E-state index >= 15 is 0 Å². The number of aromatic amines is 1. The third kappa shape index (κ3) is 3.87. The molecule has 0 radical (unpaired) electrons. The van der Waals surface area contributed by atoms with Gasteiger partial charge in [0.15, 0.2) is 0 Å². The van der Waals surface area contributed by atoms with Crippen molar-refractivity contribution in [2.75, 3.05) is 26.2 Å². The van der Waals surface area contributed by atoms with E-state index in [2.05, 4.69) is 28.1 Å². The number of benzene rings is 1. The highest BCUT2D eigenvalue weighted by Gasteiger charge is 2.32. The van der Waals surface area contributed by atoms with Crippen molar-refractivity contribution < 1.29 is 9.59 Å². The highest BCUT2D eigenvalue weighted by atomic mass is 16.2. The number of ketones is 1. The normalized spacial score (nSPS) is 20.8. The van der Waals surface area contributed by atoms with Crippen molar-refractivity contribution in [2.24, 2.45) is 5.92 Å². The summed E-state index contributed by atoms with van der Waals surface area (Å²) >= 11 is 0. The fourth-order valence-corrected chi connectivity index (χ4v) is 4.32. The summed E-state index contributed by atoms with van der Waals surface area (Å²) in [6, 6.07) is 8.20. The van der Waals surface area contributed by atoms with Gasteiger partial charge in [0.25, 0.3) is 5.56 Å². The average molecular weight is 381 g/mol. The second-order valence-corrected chi connectivity index (χ2v) is 7.98. The first-order valence-corrected chi connectivity index (χ1v) is 10.2. The molecule has 2 aliphatic rings. The number of amides is 1. The number of carbonyl (C=O) groups is 2. The second-order valence-electron chi connectivity index (χ2n) is 7.98. The molecule has 1 unspecified atom stereocenters. The average Bonchev–Trinajstić information content (AvgIpc) is 3.14. The van der Waals surface area contributed by atoms with Gasteiger partial charge in [0.05, 0.1) is 0 Å². The summed E-state index contributed by atoms with van der Waals surface area (Å²) in [7, 11) is 0. The molecule has 6 nitrogen and oxygen atoms in total. The molecule has 1 aromatic heterocycles. The van der Waals surface area contributed by atoms with E-state index < -0.39 is 0 Å². The summed E-state index contributed by atoms with van der Waals surface area (Å²) in [5.41, 5.74) is 2.84. The number of hydrogen-bond donors (Lipinski definition) is 1. The van der Waals surface area contributed by atoms with Crippen molar-refractivity contribution in [1.82, 2.24) is 14.8 Å². The van der Waals surface area contributed by atoms with E-state index in [-0.39, 0.29) is 23.2 Å². The molecule has 1 aromatic carbocycles. The second kappa shape index (κ2) is 7.87. The van der Waals surface area contributed by atoms with Crippen LogP contribution in [-0.4, -0.2) is 52.7 Å². The lowest BCUT2D eigenvalue weighted by Gasteiger charge is -2.36. The van der Waals surface area contributed by atoms with Crippen LogP contribution in [0, 0.1) is 5.92 Å². The monoisotopic (exact) mass is 381 g/mol. The van der Waals surface area contributed by atoms with Crippen LogP contribution in [0.3, 0.4) is 0 Å². The molecule has 1 amide bonds. The first-order valence-electron chi connectivity index (χ1n) is 10.2. The van der Waals surface area contributed by atoms with Crippen molar-refractivity contribution in [2.45, 2.75) is 39.2 Å². The molecule has 28 heavy (non-hydrogen) atoms. The number of Topliss-reactive ketones (excluding diaryl/α,β-unsaturated/α-hetero) is 1. The van der Waals surface area contributed by atoms with Gasteiger partial charge in [-0.3, -0.25) is 19.3 Å². The Balaban J connectivity index is 1.37. The number of rotatable bonds is 4. The Hall–Kier alpha value is -2.47. The Morgan fingerprint density at radius 3 is 2.61 bits per heavy atom. The van der Waals surface area contributed by atoms with Gasteiger partial charge in [-0.05, 0) is 35.9 Å². The van der Waals surface area contributed by atoms with Crippen molar-refractivity contribution in [1.29, 1.82) is 0 Å². The molecule has 0 bridgehead atoms. The lowest BCUT2D eigenvalue weighted by molar-refractivity contribution is -0.137. The highest BCUT2D eigenvalue weighted by Crippen LogP contribution is 2.25. The minimum Gasteiger partial charge on any atom is -0.340 e. The Morgan fingerprint density at radius 1 is 1.14 bits per heavy atom. The standard InChI is InChI=1S/C22H27N3O3/c1-2-16-12-17-4-3-15(11-20(17)23-21(16)27)14-24-7-9-25(10-8-24)22(28)18-5-6-19(26)13-18/h3-4,11-12,18H,2,5-10,13-14H2,1H3,(H,23,27). The minimum absolute atomic E-state index is 0.00956. The predicted octanol–water partition coefficient (Wildman–Crippen LogP) is 2.10. The molecular weight excluding hydrogens is 354 g/mol. The summed E-state index contributed by atoms with van der Waals surface area (Å²) in [5.74, 6) is 0.280. The van der Waals surface area contributed by atoms with Gasteiger partial charge in [-0.15, -0.1) is 0 Å². The molecule has 1 N–H and O–H groups in total. The summed E-state index contributed by atoms with van der Waals surface area (Å²) in [6.07, 6.45) is 2.42. The van der Waals surface area contributed by atoms with Gasteiger partial charge in [0.2, 0.25) is 5.91 Å². The Labute approximate surface area is 164 Å². The Morgan fingerprint density at radius 2 is 1.93 bits per heavy atom. The highest BCUT2D eigenvalue weighted by molar-refractivity contribution is 5.90. The Kier molecular flexibility index (Phi) is 5.31. The van der Waals surface area contributed by atoms with Gasteiger partial charge in [0.1, 0.15) is 5.78 Å². The molecule has 1 aliphatic carbocycles. The van der Waals surface area contributed by atoms with Gasteiger partial charge < -0.3 is 9.88 Å². The van der Waals surface area contributed by atoms with Gasteiger partial charge >= 0.3 is 0 Å². The maximum absolute atomic E-state index is 12.6. The molecule has 1 saturated carbocycles. The molecule has 1 atom stereocenters. The van der Waals surface area contributed by atoms with Crippen LogP contribution in [0.25, 0.3) is 10.9 Å². The molecule has 0 spiro atoms. The maximum Gasteiger partial charge on any atom is 0.251 e. The van der Waals surface area contributed by atoms with Gasteiger partial charge in [-0.1, -0.05) is 19.1 Å². The van der Waals surface area contributed by atoms with Crippen LogP contribution in [0.15, 0.2) is 29.1 Å². The number of nitrogens with one attached hydrogen (secondary N) is 1. The number of fused-ring (bicyclic) bond motifs is 1. The third-order valence-corrected chi connectivity index (χ3v) is 6.05. The van der Waals surface area contributed by atoms with Gasteiger partial charge in [0, 0.05) is 62.6 Å². The van der Waals surface area contributed by atoms with Crippen molar-refractivity contribution in [3.63, 3.8) is 0 Å². The van der Waals surface area contributed by atoms with Crippen molar-refractivity contribution in [3.8, 4) is 0 Å². The number of pyridine rings is 1. The lowest BCUT2D eigenvalue weighted by atomic mass is 10.1. The number of hydrogen-bond acceptors (Lipinski definition) is 4. The van der Waals surface area contributed by atoms with Gasteiger partial charge in [-0.25, -0.2) is 0 Å². The van der Waals surface area contributed by atoms with E-state index in [1.165, 1.54) is 0 Å². The molecule has 4 rings (SSSR count). The van der Waals surface area contributed by atoms with Crippen molar-refractivity contribution >= 4 is 22.6 Å². The zero-order valence-electron chi connectivity index (χ0n) is 16.4. The quantitative estimate of drug-likeness (QED) is 0.880. The SMILES string of the molecule is CCc1cc2ccc(CN3CCN(C(=O)C4CCC(=O)C4)CC3)cc2[nH]c1=O. The molecular formula is C22H27N3O3. The first kappa shape index (κ1) is 18.9. The molecule has 1 aliphatic heterocycles. The van der Waals surface area contributed by atoms with Gasteiger partial charge in [-0.2, -0.15) is 0 Å². The van der Waals surface area contributed by atoms with E-state index in [1.54, 1.807) is 0 Å². The van der Waals surface area contributed by atoms with E-state index in [4.69, 9.17) is 0 Å². The molecule has 2 aromatic rings. The zero-order valence-corrected chi connectivity index (χ0v) is 16.4. The van der Waals surface area contributed by atoms with Crippen LogP contribution in [0.2, 0.25) is 0 Å². The molecule has 6 heteroatoms. The fourth-order valence-electron chi connectivity index (χ4n) is 4.32. The van der Waals surface area contributed by atoms with E-state index in [9.17, 15) is 14.4 Å². The van der Waals surface area contributed by atoms with Crippen LogP contribution >= 0.6 is 0 Å². The fraction of sp³-hybridized carbons (Fsp3) is 0.500. The molecule has 148 valence electrons. The summed E-state index contributed by atoms with van der Waals surface area (Å²) in [5, 5.41) is 1.06.